The number of methoxy groups -OCH3 is 1. The molecule has 0 bridgehead atoms. The Kier molecular flexibility index (Phi) is 38.9. The molecule has 1 amide bonds. The molecule has 10 heteroatoms. The molecule has 0 aliphatic heterocycles. The van der Waals surface area contributed by atoms with E-state index in [9.17, 15) is 19.2 Å². The van der Waals surface area contributed by atoms with E-state index in [0.29, 0.717) is 24.4 Å². The van der Waals surface area contributed by atoms with Crippen LogP contribution in [0.5, 0.6) is 0 Å². The number of carboxylic acids is 1. The highest BCUT2D eigenvalue weighted by atomic mass is 16.5. The molecule has 0 saturated carbocycles. The lowest BCUT2D eigenvalue weighted by atomic mass is 10.4. The molecule has 0 spiro atoms. The molecule has 36 heavy (non-hydrogen) atoms. The molecule has 0 atom stereocenters. The van der Waals surface area contributed by atoms with Crippen LogP contribution in [-0.2, 0) is 33.4 Å². The summed E-state index contributed by atoms with van der Waals surface area (Å²) in [6, 6.07) is 1.83. The Morgan fingerprint density at radius 3 is 1.67 bits per heavy atom. The second kappa shape index (κ2) is 33.2. The van der Waals surface area contributed by atoms with E-state index in [4.69, 9.17) is 15.1 Å². The van der Waals surface area contributed by atoms with Crippen molar-refractivity contribution in [3.63, 3.8) is 0 Å². The number of carbonyl (C=O) groups is 4. The normalized spacial score (nSPS) is 7.81. The molecule has 10 nitrogen and oxygen atoms in total. The number of rotatable bonds is 10. The van der Waals surface area contributed by atoms with Crippen LogP contribution in [0.4, 0.5) is 0 Å². The molecule has 0 radical (unpaired) electrons. The predicted molar refractivity (Wildman–Crippen MR) is 141 cm³/mol. The maximum Gasteiger partial charge on any atom is 0.332 e. The molecule has 0 heterocycles. The summed E-state index contributed by atoms with van der Waals surface area (Å²) < 4.78 is 13.8. The van der Waals surface area contributed by atoms with Gasteiger partial charge in [-0.3, -0.25) is 4.79 Å². The van der Waals surface area contributed by atoms with Crippen molar-refractivity contribution in [2.24, 2.45) is 0 Å². The van der Waals surface area contributed by atoms with E-state index in [0.717, 1.165) is 18.9 Å². The van der Waals surface area contributed by atoms with Gasteiger partial charge in [-0.2, -0.15) is 5.26 Å². The third kappa shape index (κ3) is 52.1. The quantitative estimate of drug-likeness (QED) is 0.144. The van der Waals surface area contributed by atoms with Crippen molar-refractivity contribution >= 4 is 23.8 Å². The molecule has 2 N–H and O–H groups in total. The first-order valence-electron chi connectivity index (χ1n) is 10.7. The summed E-state index contributed by atoms with van der Waals surface area (Å²) >= 11 is 0. The zero-order valence-electron chi connectivity index (χ0n) is 22.5. The van der Waals surface area contributed by atoms with Crippen LogP contribution < -0.4 is 5.32 Å². The summed E-state index contributed by atoms with van der Waals surface area (Å²) in [7, 11) is 1.33. The van der Waals surface area contributed by atoms with Crippen LogP contribution in [0.15, 0.2) is 61.8 Å². The van der Waals surface area contributed by atoms with Crippen molar-refractivity contribution in [3.8, 4) is 6.07 Å². The summed E-state index contributed by atoms with van der Waals surface area (Å²) in [5.74, 6) is -1.83. The molecule has 0 saturated heterocycles. The van der Waals surface area contributed by atoms with E-state index in [1.165, 1.54) is 20.1 Å². The van der Waals surface area contributed by atoms with Gasteiger partial charge in [0.05, 0.1) is 19.8 Å². The van der Waals surface area contributed by atoms with Gasteiger partial charge in [0.25, 0.3) is 0 Å². The number of nitriles is 1. The van der Waals surface area contributed by atoms with Gasteiger partial charge < -0.3 is 24.6 Å². The number of hydrogen-bond acceptors (Lipinski definition) is 8. The van der Waals surface area contributed by atoms with Crippen LogP contribution in [0.1, 0.15) is 47.5 Å². The zero-order valence-corrected chi connectivity index (χ0v) is 22.5. The van der Waals surface area contributed by atoms with Crippen LogP contribution in [0.25, 0.3) is 0 Å². The Morgan fingerprint density at radius 2 is 1.47 bits per heavy atom. The van der Waals surface area contributed by atoms with Gasteiger partial charge in [-0.05, 0) is 40.2 Å². The van der Waals surface area contributed by atoms with Crippen molar-refractivity contribution in [1.82, 2.24) is 5.32 Å². The van der Waals surface area contributed by atoms with E-state index in [1.807, 2.05) is 6.07 Å². The van der Waals surface area contributed by atoms with E-state index in [-0.39, 0.29) is 30.1 Å². The monoisotopic (exact) mass is 510 g/mol. The molecule has 0 unspecified atom stereocenters. The summed E-state index contributed by atoms with van der Waals surface area (Å²) in [5.41, 5.74) is 1.17. The van der Waals surface area contributed by atoms with Crippen LogP contribution in [0.2, 0.25) is 0 Å². The van der Waals surface area contributed by atoms with Crippen molar-refractivity contribution in [3.05, 3.63) is 61.8 Å². The van der Waals surface area contributed by atoms with Crippen molar-refractivity contribution in [2.75, 3.05) is 27.1 Å². The number of allylic oxidation sites excluding steroid dienone is 1. The molecule has 0 fully saturated rings. The maximum atomic E-state index is 10.5. The highest BCUT2D eigenvalue weighted by molar-refractivity contribution is 5.87. The second-order valence-corrected chi connectivity index (χ2v) is 6.36. The number of carbonyl (C=O) groups excluding carboxylic acids is 3. The van der Waals surface area contributed by atoms with E-state index < -0.39 is 5.97 Å². The van der Waals surface area contributed by atoms with Crippen molar-refractivity contribution < 1.29 is 38.5 Å². The molecule has 0 rings (SSSR count). The first-order valence-corrected chi connectivity index (χ1v) is 10.7. The highest BCUT2D eigenvalue weighted by Gasteiger charge is 1.95. The smallest absolute Gasteiger partial charge is 0.332 e. The fraction of sp³-hybridized carbons (Fsp3) is 0.423. The molecule has 0 aromatic carbocycles. The summed E-state index contributed by atoms with van der Waals surface area (Å²) in [5, 5.41) is 18.2. The lowest BCUT2D eigenvalue weighted by Gasteiger charge is -2.02. The van der Waals surface area contributed by atoms with Crippen LogP contribution in [0, 0.1) is 11.3 Å². The Balaban J connectivity index is -0.000000115. The molecule has 0 aromatic rings. The first-order chi connectivity index (χ1) is 16.7. The summed E-state index contributed by atoms with van der Waals surface area (Å²) in [6.45, 7) is 26.3. The average molecular weight is 511 g/mol. The van der Waals surface area contributed by atoms with Gasteiger partial charge in [0.2, 0.25) is 5.91 Å². The molecule has 0 aliphatic carbocycles. The largest absolute Gasteiger partial charge is 0.478 e. The number of unbranched alkanes of at least 4 members (excludes halogenated alkanes) is 1. The zero-order chi connectivity index (χ0) is 29.5. The Labute approximate surface area is 215 Å². The van der Waals surface area contributed by atoms with Gasteiger partial charge in [-0.1, -0.05) is 46.2 Å². The Bertz CT molecular complexity index is 736. The third-order valence-electron chi connectivity index (χ3n) is 2.72. The number of hydrogen-bond donors (Lipinski definition) is 2. The van der Waals surface area contributed by atoms with Crippen molar-refractivity contribution in [2.45, 2.75) is 47.5 Å². The number of ether oxygens (including phenoxy) is 3. The third-order valence-corrected chi connectivity index (χ3v) is 2.72. The molecular formula is C26H42N2O8. The topological polar surface area (TPSA) is 152 Å². The van der Waals surface area contributed by atoms with E-state index in [2.05, 4.69) is 54.6 Å². The second-order valence-electron chi connectivity index (χ2n) is 6.36. The van der Waals surface area contributed by atoms with E-state index in [1.54, 1.807) is 20.8 Å². The minimum Gasteiger partial charge on any atom is -0.478 e. The van der Waals surface area contributed by atoms with Gasteiger partial charge in [-0.25, -0.2) is 14.4 Å². The molecule has 0 aliphatic rings. The predicted octanol–water partition coefficient (Wildman–Crippen LogP) is 4.27. The van der Waals surface area contributed by atoms with Crippen molar-refractivity contribution in [1.29, 1.82) is 5.26 Å². The number of carboxylic acid groups (broad SMARTS) is 1. The van der Waals surface area contributed by atoms with Gasteiger partial charge in [0, 0.05) is 29.4 Å². The Hall–Kier alpha value is -3.97. The SMILES string of the molecule is C=C(C)C#N.C=C(C)C(=O)O.C=C(C)C(=O)OC.C=CC(=O)NCOCCCC.C=CC(=O)OCC. The molecule has 204 valence electrons. The number of nitrogens with zero attached hydrogens (tertiary/aromatic N) is 1. The number of nitrogens with one attached hydrogen (secondary N) is 1. The van der Waals surface area contributed by atoms with Gasteiger partial charge in [0.15, 0.2) is 0 Å². The number of amides is 1. The first kappa shape index (κ1) is 42.2. The number of aliphatic carboxylic acids is 1. The standard InChI is InChI=1S/C8H15NO2.2C5H8O2.C4H5N.C4H6O2/c1-3-5-6-11-7-9-8(10)4-2;1-4(2)5(6)7-3;1-3-5(6)7-4-2;1-4(2)3-5;1-3(2)4(5)6/h4H,2-3,5-7H2,1H3,(H,9,10);1H2,2-3H3;3H,1,4H2,2H3;1H2,2H3;1H2,2H3,(H,5,6). The summed E-state index contributed by atoms with van der Waals surface area (Å²) in [6.07, 6.45) is 4.51. The Morgan fingerprint density at radius 1 is 1.00 bits per heavy atom. The minimum atomic E-state index is -0.935. The van der Waals surface area contributed by atoms with E-state index >= 15 is 0 Å². The van der Waals surface area contributed by atoms with Crippen LogP contribution in [-0.4, -0.2) is 56.0 Å². The maximum absolute atomic E-state index is 10.5. The summed E-state index contributed by atoms with van der Waals surface area (Å²) in [4.78, 5) is 40.4. The van der Waals surface area contributed by atoms with Gasteiger partial charge in [0.1, 0.15) is 6.73 Å². The van der Waals surface area contributed by atoms with Crippen LogP contribution >= 0.6 is 0 Å². The number of esters is 2. The van der Waals surface area contributed by atoms with Gasteiger partial charge >= 0.3 is 17.9 Å². The fourth-order valence-electron chi connectivity index (χ4n) is 0.888. The lowest BCUT2D eigenvalue weighted by Crippen LogP contribution is -2.23. The molecular weight excluding hydrogens is 468 g/mol. The van der Waals surface area contributed by atoms with Crippen LogP contribution in [0.3, 0.4) is 0 Å². The highest BCUT2D eigenvalue weighted by Crippen LogP contribution is 1.87. The lowest BCUT2D eigenvalue weighted by molar-refractivity contribution is -0.137. The molecule has 0 aromatic heterocycles. The minimum absolute atomic E-state index is 0.176. The van der Waals surface area contributed by atoms with Gasteiger partial charge in [-0.15, -0.1) is 0 Å². The fourth-order valence-corrected chi connectivity index (χ4v) is 0.888. The average Bonchev–Trinajstić information content (AvgIpc) is 2.84.